The Labute approximate surface area is 220 Å². The molecule has 0 spiro atoms. The Balaban J connectivity index is 1.99. The van der Waals surface area contributed by atoms with E-state index in [-0.39, 0.29) is 10.6 Å². The van der Waals surface area contributed by atoms with Crippen molar-refractivity contribution in [3.63, 3.8) is 0 Å². The molecule has 0 saturated carbocycles. The molecule has 0 aromatic heterocycles. The van der Waals surface area contributed by atoms with Crippen LogP contribution < -0.4 is 0 Å². The zero-order chi connectivity index (χ0) is 27.4. The summed E-state index contributed by atoms with van der Waals surface area (Å²) in [6, 6.07) is 11.7. The van der Waals surface area contributed by atoms with Crippen LogP contribution in [-0.4, -0.2) is 65.5 Å². The van der Waals surface area contributed by atoms with E-state index in [0.717, 1.165) is 40.6 Å². The highest BCUT2D eigenvalue weighted by Crippen LogP contribution is 2.51. The number of hydrogen-bond acceptors (Lipinski definition) is 6. The van der Waals surface area contributed by atoms with E-state index in [4.69, 9.17) is 9.57 Å². The number of hydrazone groups is 1. The molecule has 3 rings (SSSR count). The number of amides is 3. The van der Waals surface area contributed by atoms with Gasteiger partial charge in [-0.05, 0) is 57.4 Å². The van der Waals surface area contributed by atoms with E-state index in [2.05, 4.69) is 5.10 Å². The van der Waals surface area contributed by atoms with Gasteiger partial charge in [-0.1, -0.05) is 42.1 Å². The van der Waals surface area contributed by atoms with Gasteiger partial charge in [0, 0.05) is 26.2 Å². The zero-order valence-corrected chi connectivity index (χ0v) is 22.6. The number of thioether (sulfide) groups is 1. The first-order chi connectivity index (χ1) is 17.4. The molecule has 200 valence electrons. The average molecular weight is 535 g/mol. The van der Waals surface area contributed by atoms with Crippen LogP contribution in [0.3, 0.4) is 0 Å². The number of carbonyl (C=O) groups excluding carboxylic acids is 2. The average Bonchev–Trinajstić information content (AvgIpc) is 3.24. The summed E-state index contributed by atoms with van der Waals surface area (Å²) in [6.07, 6.45) is 0.320. The van der Waals surface area contributed by atoms with Gasteiger partial charge in [0.05, 0.1) is 7.11 Å². The Morgan fingerprint density at radius 1 is 1.11 bits per heavy atom. The smallest absolute Gasteiger partial charge is 0.410 e. The molecule has 0 N–H and O–H groups in total. The molecule has 0 bridgehead atoms. The number of hydroxylamine groups is 2. The van der Waals surface area contributed by atoms with Gasteiger partial charge in [0.2, 0.25) is 0 Å². The Morgan fingerprint density at radius 3 is 2.41 bits per heavy atom. The molecule has 3 amide bonds. The Morgan fingerprint density at radius 2 is 1.78 bits per heavy atom. The van der Waals surface area contributed by atoms with Crippen molar-refractivity contribution in [1.29, 1.82) is 0 Å². The lowest BCUT2D eigenvalue weighted by molar-refractivity contribution is -0.0806. The molecule has 1 aliphatic rings. The molecular weight excluding hydrogens is 502 g/mol. The number of hydrogen-bond donors (Lipinski definition) is 0. The summed E-state index contributed by atoms with van der Waals surface area (Å²) in [5.41, 5.74) is 0.0452. The third-order valence-electron chi connectivity index (χ3n) is 5.62. The maximum Gasteiger partial charge on any atom is 0.410 e. The van der Waals surface area contributed by atoms with Crippen LogP contribution in [0.5, 0.6) is 0 Å². The molecule has 0 fully saturated rings. The Hall–Kier alpha value is -3.18. The second kappa shape index (κ2) is 11.5. The van der Waals surface area contributed by atoms with Crippen molar-refractivity contribution in [3.05, 3.63) is 71.3 Å². The van der Waals surface area contributed by atoms with Gasteiger partial charge in [-0.15, -0.1) is 0 Å². The van der Waals surface area contributed by atoms with Gasteiger partial charge in [-0.25, -0.2) is 23.4 Å². The van der Waals surface area contributed by atoms with Crippen molar-refractivity contribution in [2.75, 3.05) is 27.7 Å². The van der Waals surface area contributed by atoms with E-state index in [1.807, 2.05) is 30.3 Å². The molecule has 2 aromatic carbocycles. The summed E-state index contributed by atoms with van der Waals surface area (Å²) in [5, 5.41) is 6.88. The Bertz CT molecular complexity index is 1160. The maximum atomic E-state index is 14.8. The standard InChI is InChI=1S/C26H32F2N4O4S/c1-25(2,3)36-24(34)30(4)16-10-15-26(18-11-8-7-9-12-18)32(23(33)31(5)35-6)29-22(37-26)20-17-19(27)13-14-21(20)28/h7-9,11-14,17H,10,15-16H2,1-6H3/t26-/m0/s1. The molecule has 0 saturated heterocycles. The van der Waals surface area contributed by atoms with Gasteiger partial charge < -0.3 is 9.64 Å². The van der Waals surface area contributed by atoms with E-state index < -0.39 is 34.2 Å². The van der Waals surface area contributed by atoms with Crippen LogP contribution >= 0.6 is 11.8 Å². The van der Waals surface area contributed by atoms with Gasteiger partial charge in [0.15, 0.2) is 0 Å². The van der Waals surface area contributed by atoms with Gasteiger partial charge in [0.1, 0.15) is 27.2 Å². The van der Waals surface area contributed by atoms with E-state index >= 15 is 0 Å². The Kier molecular flexibility index (Phi) is 8.80. The van der Waals surface area contributed by atoms with Crippen LogP contribution in [0.15, 0.2) is 53.6 Å². The lowest BCUT2D eigenvalue weighted by Crippen LogP contribution is -2.47. The lowest BCUT2D eigenvalue weighted by Gasteiger charge is -2.37. The predicted molar refractivity (Wildman–Crippen MR) is 139 cm³/mol. The summed E-state index contributed by atoms with van der Waals surface area (Å²) in [5.74, 6) is -1.28. The van der Waals surface area contributed by atoms with Crippen molar-refractivity contribution in [2.24, 2.45) is 5.10 Å². The van der Waals surface area contributed by atoms with Crippen LogP contribution in [0, 0.1) is 11.6 Å². The molecule has 0 radical (unpaired) electrons. The summed E-state index contributed by atoms with van der Waals surface area (Å²) < 4.78 is 34.2. The molecule has 1 atom stereocenters. The van der Waals surface area contributed by atoms with Crippen LogP contribution in [0.4, 0.5) is 18.4 Å². The number of nitrogens with zero attached hydrogens (tertiary/aromatic N) is 4. The summed E-state index contributed by atoms with van der Waals surface area (Å²) in [7, 11) is 4.42. The van der Waals surface area contributed by atoms with Crippen molar-refractivity contribution >= 4 is 28.9 Å². The summed E-state index contributed by atoms with van der Waals surface area (Å²) in [6.45, 7) is 5.70. The topological polar surface area (TPSA) is 74.7 Å². The van der Waals surface area contributed by atoms with Crippen molar-refractivity contribution in [1.82, 2.24) is 15.0 Å². The van der Waals surface area contributed by atoms with Crippen LogP contribution in [0.1, 0.15) is 44.7 Å². The van der Waals surface area contributed by atoms with Gasteiger partial charge >= 0.3 is 12.1 Å². The fourth-order valence-corrected chi connectivity index (χ4v) is 5.16. The number of ether oxygens (including phenoxy) is 1. The highest BCUT2D eigenvalue weighted by molar-refractivity contribution is 8.15. The highest BCUT2D eigenvalue weighted by atomic mass is 32.2. The van der Waals surface area contributed by atoms with Crippen LogP contribution in [0.25, 0.3) is 0 Å². The van der Waals surface area contributed by atoms with E-state index in [0.29, 0.717) is 19.4 Å². The quantitative estimate of drug-likeness (QED) is 0.421. The minimum Gasteiger partial charge on any atom is -0.444 e. The minimum absolute atomic E-state index is 0.0495. The van der Waals surface area contributed by atoms with E-state index in [1.54, 1.807) is 27.8 Å². The van der Waals surface area contributed by atoms with E-state index in [1.165, 1.54) is 24.1 Å². The fourth-order valence-electron chi connectivity index (χ4n) is 3.74. The summed E-state index contributed by atoms with van der Waals surface area (Å²) in [4.78, 5) is 31.3. The van der Waals surface area contributed by atoms with Gasteiger partial charge in [0.25, 0.3) is 0 Å². The summed E-state index contributed by atoms with van der Waals surface area (Å²) >= 11 is 1.15. The number of carbonyl (C=O) groups is 2. The number of rotatable bonds is 7. The van der Waals surface area contributed by atoms with Crippen molar-refractivity contribution in [2.45, 2.75) is 44.1 Å². The highest BCUT2D eigenvalue weighted by Gasteiger charge is 2.49. The minimum atomic E-state index is -1.12. The van der Waals surface area contributed by atoms with Gasteiger partial charge in [-0.2, -0.15) is 10.1 Å². The lowest BCUT2D eigenvalue weighted by atomic mass is 10.0. The van der Waals surface area contributed by atoms with Crippen LogP contribution in [0.2, 0.25) is 0 Å². The molecule has 8 nitrogen and oxygen atoms in total. The third kappa shape index (κ3) is 6.58. The molecular formula is C26H32F2N4O4S. The normalized spacial score (nSPS) is 17.4. The first-order valence-corrected chi connectivity index (χ1v) is 12.5. The molecule has 11 heteroatoms. The number of benzene rings is 2. The number of urea groups is 1. The van der Waals surface area contributed by atoms with E-state index in [9.17, 15) is 18.4 Å². The maximum absolute atomic E-state index is 14.8. The largest absolute Gasteiger partial charge is 0.444 e. The van der Waals surface area contributed by atoms with Crippen molar-refractivity contribution in [3.8, 4) is 0 Å². The molecule has 0 unspecified atom stereocenters. The molecule has 1 heterocycles. The molecule has 37 heavy (non-hydrogen) atoms. The first kappa shape index (κ1) is 28.4. The third-order valence-corrected chi connectivity index (χ3v) is 7.07. The molecule has 2 aromatic rings. The van der Waals surface area contributed by atoms with Crippen LogP contribution in [-0.2, 0) is 14.4 Å². The van der Waals surface area contributed by atoms with Gasteiger partial charge in [-0.3, -0.25) is 4.84 Å². The number of halogens is 2. The molecule has 1 aliphatic heterocycles. The second-order valence-corrected chi connectivity index (χ2v) is 10.8. The molecule has 0 aliphatic carbocycles. The monoisotopic (exact) mass is 534 g/mol. The zero-order valence-electron chi connectivity index (χ0n) is 21.8. The SMILES string of the molecule is CON(C)C(=O)N1N=C(c2cc(F)ccc2F)S[C@@]1(CCCN(C)C(=O)OC(C)(C)C)c1ccccc1. The second-order valence-electron chi connectivity index (χ2n) is 9.56. The fraction of sp³-hybridized carbons (Fsp3) is 0.423. The first-order valence-electron chi connectivity index (χ1n) is 11.7. The predicted octanol–water partition coefficient (Wildman–Crippen LogP) is 5.79. The van der Waals surface area contributed by atoms with Crippen molar-refractivity contribution < 1.29 is 27.9 Å².